The second-order valence-corrected chi connectivity index (χ2v) is 4.88. The summed E-state index contributed by atoms with van der Waals surface area (Å²) in [6.45, 7) is 0. The Bertz CT molecular complexity index is 693. The first-order valence-corrected chi connectivity index (χ1v) is 6.52. The van der Waals surface area contributed by atoms with Crippen LogP contribution >= 0.6 is 27.5 Å². The third-order valence-corrected chi connectivity index (χ3v) is 3.36. The molecule has 1 heterocycles. The Labute approximate surface area is 127 Å². The molecule has 102 valence electrons. The first kappa shape index (κ1) is 14.4. The average molecular weight is 357 g/mol. The highest BCUT2D eigenvalue weighted by molar-refractivity contribution is 9.10. The molecule has 1 aromatic carbocycles. The Morgan fingerprint density at radius 1 is 1.40 bits per heavy atom. The van der Waals surface area contributed by atoms with E-state index in [1.165, 1.54) is 24.4 Å². The number of halogens is 2. The van der Waals surface area contributed by atoms with Gasteiger partial charge in [0.05, 0.1) is 10.5 Å². The van der Waals surface area contributed by atoms with E-state index in [-0.39, 0.29) is 16.4 Å². The molecule has 8 heteroatoms. The number of anilines is 1. The number of benzene rings is 1. The number of hydrogen-bond acceptors (Lipinski definition) is 4. The van der Waals surface area contributed by atoms with Crippen molar-refractivity contribution in [3.05, 3.63) is 61.8 Å². The molecular weight excluding hydrogens is 350 g/mol. The molecule has 1 aromatic heterocycles. The van der Waals surface area contributed by atoms with Gasteiger partial charge in [0.25, 0.3) is 11.6 Å². The minimum atomic E-state index is -0.613. The fourth-order valence-electron chi connectivity index (χ4n) is 1.48. The predicted molar refractivity (Wildman–Crippen MR) is 78.0 cm³/mol. The van der Waals surface area contributed by atoms with Crippen LogP contribution in [0.15, 0.2) is 41.1 Å². The molecule has 20 heavy (non-hydrogen) atoms. The lowest BCUT2D eigenvalue weighted by Crippen LogP contribution is -2.13. The molecule has 1 N–H and O–H groups in total. The topological polar surface area (TPSA) is 85.1 Å². The number of nitro groups is 1. The molecule has 0 atom stereocenters. The summed E-state index contributed by atoms with van der Waals surface area (Å²) in [5.74, 6) is -0.429. The number of aromatic nitrogens is 1. The lowest BCUT2D eigenvalue weighted by atomic mass is 10.2. The SMILES string of the molecule is O=C(Nc1ccc(Cl)c([N+](=O)[O-])c1)c1cccnc1Br. The van der Waals surface area contributed by atoms with E-state index in [9.17, 15) is 14.9 Å². The fourth-order valence-corrected chi connectivity index (χ4v) is 2.10. The Hall–Kier alpha value is -1.99. The van der Waals surface area contributed by atoms with E-state index in [1.54, 1.807) is 12.1 Å². The van der Waals surface area contributed by atoms with Gasteiger partial charge in [-0.15, -0.1) is 0 Å². The average Bonchev–Trinajstić information content (AvgIpc) is 2.41. The maximum absolute atomic E-state index is 12.0. The van der Waals surface area contributed by atoms with Crippen LogP contribution in [0.4, 0.5) is 11.4 Å². The normalized spacial score (nSPS) is 10.1. The molecule has 0 aliphatic rings. The molecule has 6 nitrogen and oxygen atoms in total. The molecule has 0 saturated heterocycles. The van der Waals surface area contributed by atoms with E-state index in [4.69, 9.17) is 11.6 Å². The van der Waals surface area contributed by atoms with Gasteiger partial charge in [0, 0.05) is 18.0 Å². The van der Waals surface area contributed by atoms with Gasteiger partial charge in [0.2, 0.25) is 0 Å². The third-order valence-electron chi connectivity index (χ3n) is 2.40. The van der Waals surface area contributed by atoms with Gasteiger partial charge in [-0.3, -0.25) is 14.9 Å². The highest BCUT2D eigenvalue weighted by atomic mass is 79.9. The van der Waals surface area contributed by atoms with E-state index in [1.807, 2.05) is 0 Å². The van der Waals surface area contributed by atoms with Gasteiger partial charge in [-0.25, -0.2) is 4.98 Å². The zero-order valence-electron chi connectivity index (χ0n) is 9.84. The van der Waals surface area contributed by atoms with Crippen LogP contribution in [0.3, 0.4) is 0 Å². The van der Waals surface area contributed by atoms with Crippen LogP contribution in [0, 0.1) is 10.1 Å². The maximum Gasteiger partial charge on any atom is 0.289 e. The van der Waals surface area contributed by atoms with Crippen molar-refractivity contribution in [2.75, 3.05) is 5.32 Å². The summed E-state index contributed by atoms with van der Waals surface area (Å²) in [7, 11) is 0. The van der Waals surface area contributed by atoms with E-state index in [0.717, 1.165) is 0 Å². The molecule has 1 amide bonds. The summed E-state index contributed by atoms with van der Waals surface area (Å²) in [4.78, 5) is 26.1. The molecule has 0 aliphatic heterocycles. The van der Waals surface area contributed by atoms with Crippen LogP contribution in [0.5, 0.6) is 0 Å². The number of carbonyl (C=O) groups is 1. The highest BCUT2D eigenvalue weighted by Crippen LogP contribution is 2.27. The zero-order chi connectivity index (χ0) is 14.7. The number of nitro benzene ring substituents is 1. The van der Waals surface area contributed by atoms with Crippen molar-refractivity contribution in [1.29, 1.82) is 0 Å². The monoisotopic (exact) mass is 355 g/mol. The molecule has 0 radical (unpaired) electrons. The van der Waals surface area contributed by atoms with Crippen molar-refractivity contribution in [1.82, 2.24) is 4.98 Å². The van der Waals surface area contributed by atoms with E-state index in [2.05, 4.69) is 26.2 Å². The first-order chi connectivity index (χ1) is 9.49. The highest BCUT2D eigenvalue weighted by Gasteiger charge is 2.15. The quantitative estimate of drug-likeness (QED) is 0.516. The molecule has 0 saturated carbocycles. The van der Waals surface area contributed by atoms with E-state index in [0.29, 0.717) is 10.2 Å². The van der Waals surface area contributed by atoms with E-state index >= 15 is 0 Å². The summed E-state index contributed by atoms with van der Waals surface area (Å²) in [6.07, 6.45) is 1.54. The van der Waals surface area contributed by atoms with Crippen molar-refractivity contribution in [3.63, 3.8) is 0 Å². The van der Waals surface area contributed by atoms with Gasteiger partial charge in [-0.05, 0) is 40.2 Å². The molecular formula is C12H7BrClN3O3. The lowest BCUT2D eigenvalue weighted by molar-refractivity contribution is -0.384. The van der Waals surface area contributed by atoms with Gasteiger partial charge in [-0.2, -0.15) is 0 Å². The van der Waals surface area contributed by atoms with Gasteiger partial charge < -0.3 is 5.32 Å². The first-order valence-electron chi connectivity index (χ1n) is 5.35. The lowest BCUT2D eigenvalue weighted by Gasteiger charge is -2.06. The smallest absolute Gasteiger partial charge is 0.289 e. The van der Waals surface area contributed by atoms with Crippen LogP contribution in [0.2, 0.25) is 5.02 Å². The number of hydrogen-bond donors (Lipinski definition) is 1. The fraction of sp³-hybridized carbons (Fsp3) is 0. The van der Waals surface area contributed by atoms with Gasteiger partial charge >= 0.3 is 0 Å². The molecule has 0 bridgehead atoms. The largest absolute Gasteiger partial charge is 0.322 e. The predicted octanol–water partition coefficient (Wildman–Crippen LogP) is 3.66. The van der Waals surface area contributed by atoms with Crippen LogP contribution in [0.1, 0.15) is 10.4 Å². The summed E-state index contributed by atoms with van der Waals surface area (Å²) in [6, 6.07) is 7.23. The van der Waals surface area contributed by atoms with Crippen molar-refractivity contribution in [2.24, 2.45) is 0 Å². The van der Waals surface area contributed by atoms with Crippen LogP contribution in [-0.4, -0.2) is 15.8 Å². The third kappa shape index (κ3) is 3.12. The van der Waals surface area contributed by atoms with Gasteiger partial charge in [0.15, 0.2) is 0 Å². The Morgan fingerprint density at radius 3 is 2.80 bits per heavy atom. The van der Waals surface area contributed by atoms with Crippen molar-refractivity contribution in [3.8, 4) is 0 Å². The number of nitrogens with zero attached hydrogens (tertiary/aromatic N) is 2. The number of rotatable bonds is 3. The van der Waals surface area contributed by atoms with Gasteiger partial charge in [0.1, 0.15) is 9.63 Å². The summed E-state index contributed by atoms with van der Waals surface area (Å²) in [5.41, 5.74) is 0.335. The molecule has 0 fully saturated rings. The second-order valence-electron chi connectivity index (χ2n) is 3.72. The zero-order valence-corrected chi connectivity index (χ0v) is 12.2. The minimum absolute atomic E-state index is 0.00978. The van der Waals surface area contributed by atoms with Crippen molar-refractivity contribution in [2.45, 2.75) is 0 Å². The van der Waals surface area contributed by atoms with Crippen LogP contribution in [-0.2, 0) is 0 Å². The molecule has 2 aromatic rings. The number of carbonyl (C=O) groups excluding carboxylic acids is 1. The Kier molecular flexibility index (Phi) is 4.31. The second kappa shape index (κ2) is 5.98. The standard InChI is InChI=1S/C12H7BrClN3O3/c13-11-8(2-1-5-15-11)12(18)16-7-3-4-9(14)10(6-7)17(19)20/h1-6H,(H,16,18). The number of pyridine rings is 1. The van der Waals surface area contributed by atoms with E-state index < -0.39 is 10.8 Å². The molecule has 0 unspecified atom stereocenters. The number of amides is 1. The molecule has 2 rings (SSSR count). The van der Waals surface area contributed by atoms with Crippen LogP contribution < -0.4 is 5.32 Å². The summed E-state index contributed by atoms with van der Waals surface area (Å²) >= 11 is 8.86. The van der Waals surface area contributed by atoms with Crippen molar-refractivity contribution >= 4 is 44.8 Å². The maximum atomic E-state index is 12.0. The summed E-state index contributed by atoms with van der Waals surface area (Å²) in [5, 5.41) is 13.3. The number of nitrogens with one attached hydrogen (secondary N) is 1. The van der Waals surface area contributed by atoms with Gasteiger partial charge in [-0.1, -0.05) is 11.6 Å². The minimum Gasteiger partial charge on any atom is -0.322 e. The molecule has 0 spiro atoms. The van der Waals surface area contributed by atoms with Crippen LogP contribution in [0.25, 0.3) is 0 Å². The Balaban J connectivity index is 2.27. The molecule has 0 aliphatic carbocycles. The van der Waals surface area contributed by atoms with Crippen molar-refractivity contribution < 1.29 is 9.72 Å². The Morgan fingerprint density at radius 2 is 2.15 bits per heavy atom. The summed E-state index contributed by atoms with van der Waals surface area (Å²) < 4.78 is 0.390.